The molecule has 1 aromatic heterocycles. The summed E-state index contributed by atoms with van der Waals surface area (Å²) in [5.41, 5.74) is 2.70. The van der Waals surface area contributed by atoms with Crippen LogP contribution in [0.2, 0.25) is 0 Å². The van der Waals surface area contributed by atoms with Gasteiger partial charge in [-0.05, 0) is 22.8 Å². The van der Waals surface area contributed by atoms with Gasteiger partial charge < -0.3 is 10.5 Å². The van der Waals surface area contributed by atoms with Gasteiger partial charge in [0.05, 0.1) is 6.57 Å². The van der Waals surface area contributed by atoms with Crippen molar-refractivity contribution < 1.29 is 10.0 Å². The van der Waals surface area contributed by atoms with Crippen molar-refractivity contribution in [3.8, 4) is 11.1 Å². The van der Waals surface area contributed by atoms with E-state index in [4.69, 9.17) is 6.57 Å². The van der Waals surface area contributed by atoms with Crippen LogP contribution < -0.4 is 10.9 Å². The van der Waals surface area contributed by atoms with E-state index >= 15 is 0 Å². The van der Waals surface area contributed by atoms with Gasteiger partial charge in [-0.3, -0.25) is 9.59 Å². The number of hydrogen-bond acceptors (Lipinski definition) is 3. The fourth-order valence-corrected chi connectivity index (χ4v) is 2.47. The molecule has 0 aliphatic carbocycles. The third-order valence-corrected chi connectivity index (χ3v) is 3.90. The molecule has 3 rings (SSSR count). The molecule has 128 valence electrons. The van der Waals surface area contributed by atoms with Crippen LogP contribution >= 0.6 is 0 Å². The zero-order valence-electron chi connectivity index (χ0n) is 13.7. The van der Waals surface area contributed by atoms with Crippen LogP contribution in [0.1, 0.15) is 16.1 Å². The number of nitrogens with one attached hydrogen (secondary N) is 1. The molecule has 0 aliphatic heterocycles. The molecule has 0 unspecified atom stereocenters. The lowest BCUT2D eigenvalue weighted by Gasteiger charge is -2.08. The highest BCUT2D eigenvalue weighted by molar-refractivity contribution is 5.92. The van der Waals surface area contributed by atoms with Crippen LogP contribution in [0.5, 0.6) is 0 Å². The molecule has 6 nitrogen and oxygen atoms in total. The molecule has 0 fully saturated rings. The molecule has 3 aromatic rings. The van der Waals surface area contributed by atoms with Crippen molar-refractivity contribution in [1.82, 2.24) is 10.0 Å². The second-order valence-corrected chi connectivity index (χ2v) is 5.60. The molecule has 0 aliphatic rings. The van der Waals surface area contributed by atoms with Crippen LogP contribution in [-0.4, -0.2) is 15.8 Å². The molecule has 0 bridgehead atoms. The molecule has 1 heterocycles. The Labute approximate surface area is 149 Å². The lowest BCUT2D eigenvalue weighted by atomic mass is 10.0. The third kappa shape index (κ3) is 3.62. The molecule has 0 saturated heterocycles. The Hall–Kier alpha value is -3.85. The van der Waals surface area contributed by atoms with Gasteiger partial charge in [0.1, 0.15) is 5.69 Å². The lowest BCUT2D eigenvalue weighted by Crippen LogP contribution is -2.30. The molecule has 26 heavy (non-hydrogen) atoms. The Morgan fingerprint density at radius 1 is 1.00 bits per heavy atom. The molecule has 6 heteroatoms. The standard InChI is InChI=1S/C20H15N3O3/c1-21-17-11-9-16(10-12-17)15-7-5-14(6-8-15)13-22-20(25)18-3-2-4-19(24)23(18)26/h2-12,26H,13H2,(H,22,25). The topological polar surface area (TPSA) is 75.7 Å². The highest BCUT2D eigenvalue weighted by Gasteiger charge is 2.11. The van der Waals surface area contributed by atoms with Gasteiger partial charge in [0, 0.05) is 12.6 Å². The van der Waals surface area contributed by atoms with Gasteiger partial charge in [0.25, 0.3) is 11.5 Å². The predicted octanol–water partition coefficient (Wildman–Crippen LogP) is 3.23. The van der Waals surface area contributed by atoms with E-state index in [0.717, 1.165) is 16.7 Å². The van der Waals surface area contributed by atoms with E-state index in [0.29, 0.717) is 10.4 Å². The Morgan fingerprint density at radius 3 is 2.23 bits per heavy atom. The largest absolute Gasteiger partial charge is 0.425 e. The summed E-state index contributed by atoms with van der Waals surface area (Å²) in [6, 6.07) is 18.9. The van der Waals surface area contributed by atoms with Gasteiger partial charge in [-0.2, -0.15) is 0 Å². The van der Waals surface area contributed by atoms with Crippen molar-refractivity contribution in [3.63, 3.8) is 0 Å². The Balaban J connectivity index is 1.67. The maximum atomic E-state index is 12.1. The van der Waals surface area contributed by atoms with Crippen LogP contribution in [0.3, 0.4) is 0 Å². The number of pyridine rings is 1. The zero-order valence-corrected chi connectivity index (χ0v) is 13.7. The quantitative estimate of drug-likeness (QED) is 0.563. The van der Waals surface area contributed by atoms with E-state index < -0.39 is 11.5 Å². The number of benzene rings is 2. The minimum absolute atomic E-state index is 0.117. The van der Waals surface area contributed by atoms with Gasteiger partial charge >= 0.3 is 0 Å². The Bertz CT molecular complexity index is 1030. The van der Waals surface area contributed by atoms with Crippen molar-refractivity contribution in [3.05, 3.63) is 99.8 Å². The van der Waals surface area contributed by atoms with E-state index in [1.165, 1.54) is 18.2 Å². The average Bonchev–Trinajstić information content (AvgIpc) is 2.69. The summed E-state index contributed by atoms with van der Waals surface area (Å²) in [5.74, 6) is -0.538. The summed E-state index contributed by atoms with van der Waals surface area (Å²) >= 11 is 0. The zero-order chi connectivity index (χ0) is 18.5. The smallest absolute Gasteiger partial charge is 0.283 e. The first-order valence-electron chi connectivity index (χ1n) is 7.85. The normalized spacial score (nSPS) is 10.1. The van der Waals surface area contributed by atoms with Gasteiger partial charge in [0.15, 0.2) is 5.69 Å². The lowest BCUT2D eigenvalue weighted by molar-refractivity contribution is 0.0889. The van der Waals surface area contributed by atoms with Crippen molar-refractivity contribution in [2.45, 2.75) is 6.54 Å². The van der Waals surface area contributed by atoms with Crippen molar-refractivity contribution in [2.75, 3.05) is 0 Å². The molecular weight excluding hydrogens is 330 g/mol. The summed E-state index contributed by atoms with van der Waals surface area (Å²) in [6.45, 7) is 7.23. The molecule has 0 saturated carbocycles. The second kappa shape index (κ2) is 7.36. The summed E-state index contributed by atoms with van der Waals surface area (Å²) in [5, 5.41) is 12.3. The van der Waals surface area contributed by atoms with E-state index in [1.54, 1.807) is 12.1 Å². The summed E-state index contributed by atoms with van der Waals surface area (Å²) in [4.78, 5) is 26.8. The number of carbonyl (C=O) groups excluding carboxylic acids is 1. The van der Waals surface area contributed by atoms with Crippen LogP contribution in [0, 0.1) is 6.57 Å². The van der Waals surface area contributed by atoms with Gasteiger partial charge in [-0.25, -0.2) is 4.85 Å². The first-order valence-corrected chi connectivity index (χ1v) is 7.85. The monoisotopic (exact) mass is 345 g/mol. The number of rotatable bonds is 4. The average molecular weight is 345 g/mol. The van der Waals surface area contributed by atoms with Gasteiger partial charge in [0.2, 0.25) is 0 Å². The molecule has 0 atom stereocenters. The summed E-state index contributed by atoms with van der Waals surface area (Å²) < 4.78 is 0.325. The Kier molecular flexibility index (Phi) is 4.81. The first kappa shape index (κ1) is 17.0. The maximum Gasteiger partial charge on any atom is 0.283 e. The molecular formula is C20H15N3O3. The number of nitrogens with zero attached hydrogens (tertiary/aromatic N) is 2. The summed E-state index contributed by atoms with van der Waals surface area (Å²) in [7, 11) is 0. The van der Waals surface area contributed by atoms with E-state index in [9.17, 15) is 14.8 Å². The highest BCUT2D eigenvalue weighted by atomic mass is 16.5. The number of carbonyl (C=O) groups is 1. The molecule has 2 N–H and O–H groups in total. The number of amides is 1. The number of hydrogen-bond donors (Lipinski definition) is 2. The SMILES string of the molecule is [C-]#[N+]c1ccc(-c2ccc(CNC(=O)c3cccc(=O)n3O)cc2)cc1. The van der Waals surface area contributed by atoms with Crippen LogP contribution in [0.15, 0.2) is 71.5 Å². The van der Waals surface area contributed by atoms with Crippen LogP contribution in [0.4, 0.5) is 5.69 Å². The maximum absolute atomic E-state index is 12.1. The fourth-order valence-electron chi connectivity index (χ4n) is 2.47. The predicted molar refractivity (Wildman–Crippen MR) is 97.2 cm³/mol. The highest BCUT2D eigenvalue weighted by Crippen LogP contribution is 2.23. The number of aromatic nitrogens is 1. The van der Waals surface area contributed by atoms with E-state index in [1.807, 2.05) is 36.4 Å². The van der Waals surface area contributed by atoms with Crippen molar-refractivity contribution in [1.29, 1.82) is 0 Å². The second-order valence-electron chi connectivity index (χ2n) is 5.60. The minimum atomic E-state index is -0.661. The molecule has 0 radical (unpaired) electrons. The fraction of sp³-hybridized carbons (Fsp3) is 0.0500. The van der Waals surface area contributed by atoms with Crippen molar-refractivity contribution in [2.24, 2.45) is 0 Å². The van der Waals surface area contributed by atoms with Gasteiger partial charge in [-0.15, -0.1) is 4.73 Å². The van der Waals surface area contributed by atoms with Gasteiger partial charge in [-0.1, -0.05) is 54.6 Å². The minimum Gasteiger partial charge on any atom is -0.425 e. The Morgan fingerprint density at radius 2 is 1.62 bits per heavy atom. The molecule has 1 amide bonds. The molecule has 2 aromatic carbocycles. The van der Waals surface area contributed by atoms with Crippen molar-refractivity contribution >= 4 is 11.6 Å². The van der Waals surface area contributed by atoms with E-state index in [2.05, 4.69) is 10.2 Å². The molecule has 0 spiro atoms. The van der Waals surface area contributed by atoms with Crippen LogP contribution in [0.25, 0.3) is 16.0 Å². The van der Waals surface area contributed by atoms with Crippen LogP contribution in [-0.2, 0) is 6.54 Å². The first-order chi connectivity index (χ1) is 12.6. The van der Waals surface area contributed by atoms with E-state index in [-0.39, 0.29) is 12.2 Å². The third-order valence-electron chi connectivity index (χ3n) is 3.90. The summed E-state index contributed by atoms with van der Waals surface area (Å²) in [6.07, 6.45) is 0.